The number of unbranched alkanes of at least 4 members (excludes halogenated alkanes) is 5. The number of nitrogens with zero attached hydrogens (tertiary/aromatic N) is 1. The molecule has 0 bridgehead atoms. The summed E-state index contributed by atoms with van der Waals surface area (Å²) in [7, 11) is 0. The fourth-order valence-corrected chi connectivity index (χ4v) is 3.49. The number of nitrogens with one attached hydrogen (secondary N) is 1. The molecule has 2 rings (SSSR count). The Labute approximate surface area is 185 Å². The molecular weight excluding hydrogens is 396 g/mol. The van der Waals surface area contributed by atoms with Crippen molar-refractivity contribution in [1.82, 2.24) is 10.2 Å². The summed E-state index contributed by atoms with van der Waals surface area (Å²) in [4.78, 5) is 39.0. The number of carbonyl (C=O) groups excluding carboxylic acids is 3. The molecular formula is C24H36N2O5. The number of esters is 1. The Morgan fingerprint density at radius 3 is 2.39 bits per heavy atom. The van der Waals surface area contributed by atoms with Gasteiger partial charge in [0.2, 0.25) is 5.91 Å². The zero-order valence-corrected chi connectivity index (χ0v) is 18.9. The Hall–Kier alpha value is -2.57. The summed E-state index contributed by atoms with van der Waals surface area (Å²) in [6.45, 7) is 5.96. The summed E-state index contributed by atoms with van der Waals surface area (Å²) in [5.74, 6) is -0.329. The Morgan fingerprint density at radius 2 is 1.68 bits per heavy atom. The zero-order chi connectivity index (χ0) is 22.5. The lowest BCUT2D eigenvalue weighted by atomic mass is 10.1. The highest BCUT2D eigenvalue weighted by Gasteiger charge is 2.35. The van der Waals surface area contributed by atoms with Gasteiger partial charge in [0.15, 0.2) is 0 Å². The quantitative estimate of drug-likeness (QED) is 0.379. The van der Waals surface area contributed by atoms with E-state index in [0.29, 0.717) is 31.9 Å². The van der Waals surface area contributed by atoms with E-state index in [-0.39, 0.29) is 18.2 Å². The maximum absolute atomic E-state index is 13.0. The highest BCUT2D eigenvalue weighted by molar-refractivity contribution is 5.99. The smallest absolute Gasteiger partial charge is 0.308 e. The van der Waals surface area contributed by atoms with Crippen LogP contribution in [0.5, 0.6) is 5.75 Å². The third-order valence-corrected chi connectivity index (χ3v) is 5.33. The second-order valence-electron chi connectivity index (χ2n) is 7.87. The average Bonchev–Trinajstić information content (AvgIpc) is 2.78. The lowest BCUT2D eigenvalue weighted by Crippen LogP contribution is -2.57. The van der Waals surface area contributed by atoms with E-state index in [2.05, 4.69) is 19.2 Å². The molecule has 1 aromatic rings. The lowest BCUT2D eigenvalue weighted by molar-refractivity contribution is -0.147. The SMILES string of the molecule is CCCCCCOc1ccc(C(=O)N2CCNC(=O)C2CC(=O)OCCCCC)cc1. The molecule has 1 unspecified atom stereocenters. The molecule has 0 spiro atoms. The zero-order valence-electron chi connectivity index (χ0n) is 18.9. The minimum atomic E-state index is -0.852. The van der Waals surface area contributed by atoms with Crippen molar-refractivity contribution in [3.63, 3.8) is 0 Å². The Bertz CT molecular complexity index is 704. The third kappa shape index (κ3) is 8.23. The number of hydrogen-bond donors (Lipinski definition) is 1. The summed E-state index contributed by atoms with van der Waals surface area (Å²) in [6.07, 6.45) is 7.22. The first-order chi connectivity index (χ1) is 15.1. The maximum Gasteiger partial charge on any atom is 0.308 e. The Morgan fingerprint density at radius 1 is 1.00 bits per heavy atom. The largest absolute Gasteiger partial charge is 0.494 e. The van der Waals surface area contributed by atoms with Gasteiger partial charge in [0.05, 0.1) is 19.6 Å². The summed E-state index contributed by atoms with van der Waals surface area (Å²) in [5, 5.41) is 2.74. The fourth-order valence-electron chi connectivity index (χ4n) is 3.49. The Balaban J connectivity index is 1.92. The molecule has 1 atom stereocenters. The molecule has 1 aliphatic rings. The molecule has 2 amide bonds. The number of rotatable bonds is 13. The van der Waals surface area contributed by atoms with Crippen molar-refractivity contribution in [3.05, 3.63) is 29.8 Å². The monoisotopic (exact) mass is 432 g/mol. The summed E-state index contributed by atoms with van der Waals surface area (Å²) in [6, 6.07) is 6.10. The first-order valence-corrected chi connectivity index (χ1v) is 11.5. The molecule has 1 saturated heterocycles. The van der Waals surface area contributed by atoms with Crippen molar-refractivity contribution in [2.24, 2.45) is 0 Å². The number of carbonyl (C=O) groups is 3. The molecule has 0 radical (unpaired) electrons. The van der Waals surface area contributed by atoms with Crippen LogP contribution < -0.4 is 10.1 Å². The van der Waals surface area contributed by atoms with Crippen molar-refractivity contribution in [2.45, 2.75) is 71.3 Å². The summed E-state index contributed by atoms with van der Waals surface area (Å²) in [5.41, 5.74) is 0.467. The highest BCUT2D eigenvalue weighted by Crippen LogP contribution is 2.18. The first kappa shape index (κ1) is 24.7. The molecule has 1 N–H and O–H groups in total. The number of hydrogen-bond acceptors (Lipinski definition) is 5. The van der Waals surface area contributed by atoms with E-state index in [0.717, 1.165) is 37.9 Å². The number of piperazine rings is 1. The summed E-state index contributed by atoms with van der Waals surface area (Å²) >= 11 is 0. The molecule has 31 heavy (non-hydrogen) atoms. The van der Waals surface area contributed by atoms with Crippen molar-refractivity contribution in [2.75, 3.05) is 26.3 Å². The van der Waals surface area contributed by atoms with E-state index in [1.54, 1.807) is 24.3 Å². The van der Waals surface area contributed by atoms with Gasteiger partial charge in [0.25, 0.3) is 5.91 Å². The van der Waals surface area contributed by atoms with Crippen molar-refractivity contribution < 1.29 is 23.9 Å². The van der Waals surface area contributed by atoms with Gasteiger partial charge in [-0.2, -0.15) is 0 Å². The van der Waals surface area contributed by atoms with Crippen molar-refractivity contribution >= 4 is 17.8 Å². The van der Waals surface area contributed by atoms with Crippen LogP contribution in [0.2, 0.25) is 0 Å². The van der Waals surface area contributed by atoms with Crippen molar-refractivity contribution in [3.8, 4) is 5.75 Å². The number of amides is 2. The predicted molar refractivity (Wildman–Crippen MR) is 119 cm³/mol. The molecule has 0 saturated carbocycles. The van der Waals surface area contributed by atoms with Crippen molar-refractivity contribution in [1.29, 1.82) is 0 Å². The van der Waals surface area contributed by atoms with E-state index in [1.807, 2.05) is 0 Å². The minimum Gasteiger partial charge on any atom is -0.494 e. The Kier molecular flexibility index (Phi) is 10.9. The molecule has 1 fully saturated rings. The van der Waals surface area contributed by atoms with Crippen LogP contribution in [0.1, 0.15) is 75.6 Å². The normalized spacial score (nSPS) is 16.0. The van der Waals surface area contributed by atoms with Gasteiger partial charge < -0.3 is 19.7 Å². The lowest BCUT2D eigenvalue weighted by Gasteiger charge is -2.34. The molecule has 7 heteroatoms. The number of ether oxygens (including phenoxy) is 2. The van der Waals surface area contributed by atoms with E-state index in [4.69, 9.17) is 9.47 Å². The molecule has 7 nitrogen and oxygen atoms in total. The second-order valence-corrected chi connectivity index (χ2v) is 7.87. The van der Waals surface area contributed by atoms with Gasteiger partial charge in [-0.25, -0.2) is 0 Å². The van der Waals surface area contributed by atoms with Crippen LogP contribution in [0.3, 0.4) is 0 Å². The molecule has 1 aromatic carbocycles. The first-order valence-electron chi connectivity index (χ1n) is 11.5. The van der Waals surface area contributed by atoms with E-state index in [1.165, 1.54) is 17.7 Å². The van der Waals surface area contributed by atoms with Crippen LogP contribution >= 0.6 is 0 Å². The van der Waals surface area contributed by atoms with Gasteiger partial charge >= 0.3 is 5.97 Å². The highest BCUT2D eigenvalue weighted by atomic mass is 16.5. The van der Waals surface area contributed by atoms with Gasteiger partial charge in [-0.15, -0.1) is 0 Å². The molecule has 1 aliphatic heterocycles. The molecule has 1 heterocycles. The van der Waals surface area contributed by atoms with Gasteiger partial charge in [-0.05, 0) is 37.1 Å². The molecule has 0 aliphatic carbocycles. The van der Waals surface area contributed by atoms with Crippen LogP contribution in [0.15, 0.2) is 24.3 Å². The van der Waals surface area contributed by atoms with Crippen LogP contribution in [0.4, 0.5) is 0 Å². The van der Waals surface area contributed by atoms with Gasteiger partial charge in [-0.3, -0.25) is 14.4 Å². The topological polar surface area (TPSA) is 84.9 Å². The minimum absolute atomic E-state index is 0.136. The predicted octanol–water partition coefficient (Wildman–Crippen LogP) is 3.71. The fraction of sp³-hybridized carbons (Fsp3) is 0.625. The summed E-state index contributed by atoms with van der Waals surface area (Å²) < 4.78 is 11.0. The second kappa shape index (κ2) is 13.7. The van der Waals surface area contributed by atoms with Crippen LogP contribution in [0.25, 0.3) is 0 Å². The maximum atomic E-state index is 13.0. The number of benzene rings is 1. The average molecular weight is 433 g/mol. The van der Waals surface area contributed by atoms with Gasteiger partial charge in [-0.1, -0.05) is 46.0 Å². The van der Waals surface area contributed by atoms with E-state index < -0.39 is 12.0 Å². The van der Waals surface area contributed by atoms with Crippen LogP contribution in [0, 0.1) is 0 Å². The van der Waals surface area contributed by atoms with Gasteiger partial charge in [0, 0.05) is 18.7 Å². The third-order valence-electron chi connectivity index (χ3n) is 5.33. The van der Waals surface area contributed by atoms with E-state index in [9.17, 15) is 14.4 Å². The van der Waals surface area contributed by atoms with Crippen LogP contribution in [-0.4, -0.2) is 55.0 Å². The molecule has 0 aromatic heterocycles. The van der Waals surface area contributed by atoms with Gasteiger partial charge in [0.1, 0.15) is 11.8 Å². The molecule has 172 valence electrons. The van der Waals surface area contributed by atoms with Crippen LogP contribution in [-0.2, 0) is 14.3 Å². The van der Waals surface area contributed by atoms with E-state index >= 15 is 0 Å². The standard InChI is InChI=1S/C24H36N2O5/c1-3-5-7-9-16-30-20-12-10-19(11-13-20)24(29)26-15-14-25-23(28)21(26)18-22(27)31-17-8-6-4-2/h10-13,21H,3-9,14-18H2,1-2H3,(H,25,28).